The predicted molar refractivity (Wildman–Crippen MR) is 76.7 cm³/mol. The maximum atomic E-state index is 12.5. The fourth-order valence-corrected chi connectivity index (χ4v) is 3.51. The standard InChI is InChI=1S/C14H18N2O3S/c1-12-11-14(5-4-13(12)3-2-6-15)20(17,18)16-7-9-19-10-8-16/h4-5,11H,6-10,15H2,1H3. The summed E-state index contributed by atoms with van der Waals surface area (Å²) in [6.45, 7) is 3.81. The number of sulfonamides is 1. The summed E-state index contributed by atoms with van der Waals surface area (Å²) in [5.74, 6) is 5.70. The highest BCUT2D eigenvalue weighted by atomic mass is 32.2. The summed E-state index contributed by atoms with van der Waals surface area (Å²) in [4.78, 5) is 0.301. The van der Waals surface area contributed by atoms with Crippen molar-refractivity contribution < 1.29 is 13.2 Å². The van der Waals surface area contributed by atoms with Crippen molar-refractivity contribution in [2.24, 2.45) is 5.73 Å². The lowest BCUT2D eigenvalue weighted by Crippen LogP contribution is -2.40. The lowest BCUT2D eigenvalue weighted by Gasteiger charge is -2.26. The maximum absolute atomic E-state index is 12.5. The Labute approximate surface area is 119 Å². The van der Waals surface area contributed by atoms with Crippen molar-refractivity contribution in [3.8, 4) is 11.8 Å². The molecule has 1 saturated heterocycles. The van der Waals surface area contributed by atoms with Crippen LogP contribution >= 0.6 is 0 Å². The second-order valence-corrected chi connectivity index (χ2v) is 6.44. The minimum atomic E-state index is -3.44. The van der Waals surface area contributed by atoms with Crippen molar-refractivity contribution >= 4 is 10.0 Å². The lowest BCUT2D eigenvalue weighted by molar-refractivity contribution is 0.0730. The van der Waals surface area contributed by atoms with E-state index in [2.05, 4.69) is 11.8 Å². The molecule has 0 bridgehead atoms. The molecular weight excluding hydrogens is 276 g/mol. The van der Waals surface area contributed by atoms with Gasteiger partial charge in [0.1, 0.15) is 0 Å². The van der Waals surface area contributed by atoms with Crippen molar-refractivity contribution in [1.29, 1.82) is 0 Å². The zero-order valence-electron chi connectivity index (χ0n) is 11.4. The van der Waals surface area contributed by atoms with Gasteiger partial charge in [-0.25, -0.2) is 8.42 Å². The Morgan fingerprint density at radius 3 is 2.65 bits per heavy atom. The van der Waals surface area contributed by atoms with E-state index in [1.54, 1.807) is 18.2 Å². The highest BCUT2D eigenvalue weighted by Crippen LogP contribution is 2.20. The number of ether oxygens (including phenoxy) is 1. The number of aryl methyl sites for hydroxylation is 1. The van der Waals surface area contributed by atoms with Gasteiger partial charge in [-0.3, -0.25) is 0 Å². The number of nitrogens with two attached hydrogens (primary N) is 1. The van der Waals surface area contributed by atoms with Crippen molar-refractivity contribution in [1.82, 2.24) is 4.31 Å². The van der Waals surface area contributed by atoms with Crippen LogP contribution in [0, 0.1) is 18.8 Å². The normalized spacial score (nSPS) is 16.5. The second kappa shape index (κ2) is 6.37. The molecule has 1 heterocycles. The first-order chi connectivity index (χ1) is 9.55. The van der Waals surface area contributed by atoms with Gasteiger partial charge in [0.25, 0.3) is 0 Å². The molecule has 2 N–H and O–H groups in total. The van der Waals surface area contributed by atoms with Crippen LogP contribution in [-0.2, 0) is 14.8 Å². The molecule has 1 aliphatic heterocycles. The Hall–Kier alpha value is -1.39. The second-order valence-electron chi connectivity index (χ2n) is 4.50. The summed E-state index contributed by atoms with van der Waals surface area (Å²) in [5.41, 5.74) is 6.97. The number of hydrogen-bond acceptors (Lipinski definition) is 4. The van der Waals surface area contributed by atoms with Gasteiger partial charge < -0.3 is 10.5 Å². The number of nitrogens with zero attached hydrogens (tertiary/aromatic N) is 1. The van der Waals surface area contributed by atoms with Crippen LogP contribution in [0.1, 0.15) is 11.1 Å². The molecule has 1 aliphatic rings. The first kappa shape index (κ1) is 15.0. The quantitative estimate of drug-likeness (QED) is 0.798. The van der Waals surface area contributed by atoms with Crippen molar-refractivity contribution in [3.05, 3.63) is 29.3 Å². The molecule has 0 amide bonds. The van der Waals surface area contributed by atoms with Gasteiger partial charge in [0.2, 0.25) is 10.0 Å². The highest BCUT2D eigenvalue weighted by molar-refractivity contribution is 7.89. The minimum absolute atomic E-state index is 0.285. The van der Waals surface area contributed by atoms with Gasteiger partial charge in [-0.1, -0.05) is 11.8 Å². The predicted octanol–water partition coefficient (Wildman–Crippen LogP) is 0.326. The van der Waals surface area contributed by atoms with E-state index in [4.69, 9.17) is 10.5 Å². The van der Waals surface area contributed by atoms with E-state index < -0.39 is 10.0 Å². The third kappa shape index (κ3) is 3.19. The van der Waals surface area contributed by atoms with E-state index >= 15 is 0 Å². The molecule has 108 valence electrons. The molecule has 1 aromatic carbocycles. The largest absolute Gasteiger partial charge is 0.379 e. The summed E-state index contributed by atoms with van der Waals surface area (Å²) >= 11 is 0. The first-order valence-corrected chi connectivity index (χ1v) is 7.87. The van der Waals surface area contributed by atoms with E-state index in [1.165, 1.54) is 4.31 Å². The summed E-state index contributed by atoms with van der Waals surface area (Å²) in [7, 11) is -3.44. The summed E-state index contributed by atoms with van der Waals surface area (Å²) in [6.07, 6.45) is 0. The van der Waals surface area contributed by atoms with E-state index in [1.807, 2.05) is 6.92 Å². The van der Waals surface area contributed by atoms with Crippen LogP contribution in [0.3, 0.4) is 0 Å². The van der Waals surface area contributed by atoms with Crippen LogP contribution in [0.2, 0.25) is 0 Å². The monoisotopic (exact) mass is 294 g/mol. The summed E-state index contributed by atoms with van der Waals surface area (Å²) in [6, 6.07) is 4.98. The van der Waals surface area contributed by atoms with Crippen molar-refractivity contribution in [2.45, 2.75) is 11.8 Å². The third-order valence-corrected chi connectivity index (χ3v) is 5.03. The smallest absolute Gasteiger partial charge is 0.243 e. The average Bonchev–Trinajstić information content (AvgIpc) is 2.47. The number of morpholine rings is 1. The maximum Gasteiger partial charge on any atom is 0.243 e. The molecule has 0 spiro atoms. The average molecular weight is 294 g/mol. The Bertz CT molecular complexity index is 638. The molecule has 0 atom stereocenters. The third-order valence-electron chi connectivity index (χ3n) is 3.13. The Morgan fingerprint density at radius 1 is 1.35 bits per heavy atom. The van der Waals surface area contributed by atoms with Crippen LogP contribution in [0.5, 0.6) is 0 Å². The van der Waals surface area contributed by atoms with E-state index in [0.717, 1.165) is 11.1 Å². The van der Waals surface area contributed by atoms with Gasteiger partial charge in [0, 0.05) is 18.7 Å². The molecule has 0 aliphatic carbocycles. The Morgan fingerprint density at radius 2 is 2.05 bits per heavy atom. The molecule has 1 aromatic rings. The molecule has 20 heavy (non-hydrogen) atoms. The fourth-order valence-electron chi connectivity index (χ4n) is 2.02. The van der Waals surface area contributed by atoms with Crippen molar-refractivity contribution in [3.63, 3.8) is 0 Å². The van der Waals surface area contributed by atoms with Gasteiger partial charge in [-0.2, -0.15) is 4.31 Å². The molecule has 6 heteroatoms. The SMILES string of the molecule is Cc1cc(S(=O)(=O)N2CCOCC2)ccc1C#CCN. The number of benzene rings is 1. The molecule has 0 aromatic heterocycles. The van der Waals surface area contributed by atoms with Gasteiger partial charge in [-0.15, -0.1) is 0 Å². The fraction of sp³-hybridized carbons (Fsp3) is 0.429. The van der Waals surface area contributed by atoms with E-state index in [9.17, 15) is 8.42 Å². The van der Waals surface area contributed by atoms with Gasteiger partial charge in [-0.05, 0) is 30.7 Å². The Kier molecular flexibility index (Phi) is 4.78. The van der Waals surface area contributed by atoms with Crippen molar-refractivity contribution in [2.75, 3.05) is 32.8 Å². The van der Waals surface area contributed by atoms with Crippen LogP contribution in [0.4, 0.5) is 0 Å². The van der Waals surface area contributed by atoms with E-state index in [0.29, 0.717) is 31.2 Å². The first-order valence-electron chi connectivity index (χ1n) is 6.43. The van der Waals surface area contributed by atoms with Crippen LogP contribution < -0.4 is 5.73 Å². The molecule has 0 saturated carbocycles. The van der Waals surface area contributed by atoms with Crippen LogP contribution in [-0.4, -0.2) is 45.6 Å². The van der Waals surface area contributed by atoms with E-state index in [-0.39, 0.29) is 6.54 Å². The molecule has 2 rings (SSSR count). The minimum Gasteiger partial charge on any atom is -0.379 e. The molecule has 1 fully saturated rings. The van der Waals surface area contributed by atoms with Gasteiger partial charge in [0.15, 0.2) is 0 Å². The zero-order valence-corrected chi connectivity index (χ0v) is 12.2. The number of hydrogen-bond donors (Lipinski definition) is 1. The number of rotatable bonds is 2. The Balaban J connectivity index is 2.30. The molecule has 5 nitrogen and oxygen atoms in total. The topological polar surface area (TPSA) is 72.6 Å². The molecular formula is C14H18N2O3S. The van der Waals surface area contributed by atoms with Crippen LogP contribution in [0.15, 0.2) is 23.1 Å². The summed E-state index contributed by atoms with van der Waals surface area (Å²) in [5, 5.41) is 0. The van der Waals surface area contributed by atoms with Crippen LogP contribution in [0.25, 0.3) is 0 Å². The van der Waals surface area contributed by atoms with Gasteiger partial charge in [0.05, 0.1) is 24.7 Å². The highest BCUT2D eigenvalue weighted by Gasteiger charge is 2.26. The zero-order chi connectivity index (χ0) is 14.6. The lowest BCUT2D eigenvalue weighted by atomic mass is 10.1. The molecule has 0 unspecified atom stereocenters. The summed E-state index contributed by atoms with van der Waals surface area (Å²) < 4.78 is 31.6. The van der Waals surface area contributed by atoms with Gasteiger partial charge >= 0.3 is 0 Å². The molecule has 0 radical (unpaired) electrons.